The van der Waals surface area contributed by atoms with E-state index in [9.17, 15) is 13.2 Å². The van der Waals surface area contributed by atoms with Gasteiger partial charge in [-0.3, -0.25) is 10.2 Å². The number of rotatable bonds is 6. The van der Waals surface area contributed by atoms with Gasteiger partial charge in [0, 0.05) is 11.1 Å². The van der Waals surface area contributed by atoms with Gasteiger partial charge in [-0.2, -0.15) is 12.8 Å². The van der Waals surface area contributed by atoms with Crippen LogP contribution in [0.1, 0.15) is 27.0 Å². The molecule has 4 aromatic carbocycles. The third-order valence-electron chi connectivity index (χ3n) is 6.04. The minimum absolute atomic E-state index is 0.118. The molecular formula is C31H25N5O3S2. The normalized spacial score (nSPS) is 14.7. The number of Topliss-reactive ketones (excluding diaryl/α,β-unsaturated/α-hetero) is 1. The lowest BCUT2D eigenvalue weighted by Gasteiger charge is -2.17. The molecule has 1 N–H and O–H groups in total. The van der Waals surface area contributed by atoms with Crippen LogP contribution in [0.25, 0.3) is 0 Å². The smallest absolute Gasteiger partial charge is 0.283 e. The third-order valence-corrected chi connectivity index (χ3v) is 8.35. The van der Waals surface area contributed by atoms with E-state index in [1.165, 1.54) is 6.08 Å². The van der Waals surface area contributed by atoms with Crippen LogP contribution in [0.3, 0.4) is 0 Å². The molecule has 0 unspecified atom stereocenters. The Morgan fingerprint density at radius 3 is 2.20 bits per heavy atom. The molecule has 10 heteroatoms. The van der Waals surface area contributed by atoms with E-state index in [0.29, 0.717) is 22.4 Å². The molecule has 0 atom stereocenters. The molecule has 0 saturated heterocycles. The Bertz CT molecular complexity index is 1830. The van der Waals surface area contributed by atoms with Crippen molar-refractivity contribution in [1.29, 1.82) is 0 Å². The molecule has 0 aromatic heterocycles. The Hall–Kier alpha value is -4.67. The van der Waals surface area contributed by atoms with Crippen molar-refractivity contribution in [3.05, 3.63) is 136 Å². The summed E-state index contributed by atoms with van der Waals surface area (Å²) in [7, 11) is -4.08. The van der Waals surface area contributed by atoms with E-state index >= 15 is 0 Å². The number of amidine groups is 1. The highest BCUT2D eigenvalue weighted by Crippen LogP contribution is 2.32. The zero-order valence-electron chi connectivity index (χ0n) is 22.2. The van der Waals surface area contributed by atoms with Crippen molar-refractivity contribution >= 4 is 49.8 Å². The Labute approximate surface area is 242 Å². The minimum atomic E-state index is -4.08. The molecule has 0 bridgehead atoms. The largest absolute Gasteiger partial charge is 0.288 e. The molecule has 41 heavy (non-hydrogen) atoms. The Kier molecular flexibility index (Phi) is 8.32. The number of benzene rings is 4. The average Bonchev–Trinajstić information content (AvgIpc) is 2.99. The lowest BCUT2D eigenvalue weighted by Crippen LogP contribution is -2.18. The summed E-state index contributed by atoms with van der Waals surface area (Å²) >= 11 is 0.970. The number of anilines is 1. The first-order valence-corrected chi connectivity index (χ1v) is 14.9. The summed E-state index contributed by atoms with van der Waals surface area (Å²) in [5.41, 5.74) is 6.57. The lowest BCUT2D eigenvalue weighted by atomic mass is 9.94. The molecule has 0 radical (unpaired) electrons. The predicted molar refractivity (Wildman–Crippen MR) is 165 cm³/mol. The SMILES string of the molecule is Cc1ccc(C)c(S(=O)(=O)N=C2C=C(S/C(N=Nc3ccccc3)=N/Nc3ccccc3)C(=O)c3ccccc32)c1. The number of fused-ring (bicyclic) bond motifs is 1. The molecule has 0 saturated carbocycles. The van der Waals surface area contributed by atoms with Crippen molar-refractivity contribution in [2.75, 3.05) is 5.43 Å². The van der Waals surface area contributed by atoms with Gasteiger partial charge in [0.15, 0.2) is 0 Å². The summed E-state index contributed by atoms with van der Waals surface area (Å²) in [6.45, 7) is 3.55. The van der Waals surface area contributed by atoms with Crippen molar-refractivity contribution in [3.8, 4) is 0 Å². The van der Waals surface area contributed by atoms with E-state index in [-0.39, 0.29) is 26.5 Å². The Morgan fingerprint density at radius 2 is 1.46 bits per heavy atom. The number of ketones is 1. The maximum atomic E-state index is 13.5. The van der Waals surface area contributed by atoms with E-state index in [4.69, 9.17) is 0 Å². The maximum Gasteiger partial charge on any atom is 0.283 e. The zero-order chi connectivity index (χ0) is 28.8. The predicted octanol–water partition coefficient (Wildman–Crippen LogP) is 7.46. The van der Waals surface area contributed by atoms with E-state index in [0.717, 1.165) is 23.0 Å². The van der Waals surface area contributed by atoms with E-state index in [1.807, 2.05) is 61.5 Å². The summed E-state index contributed by atoms with van der Waals surface area (Å²) in [5, 5.41) is 13.1. The van der Waals surface area contributed by atoms with Crippen molar-refractivity contribution in [2.45, 2.75) is 18.7 Å². The zero-order valence-corrected chi connectivity index (χ0v) is 23.9. The average molecular weight is 580 g/mol. The molecule has 0 spiro atoms. The Morgan fingerprint density at radius 1 is 0.805 bits per heavy atom. The standard InChI is InChI=1S/C31H25N5O3S2/c1-21-17-18-22(2)29(19-21)41(38,39)36-27-20-28(30(37)26-16-10-9-15-25(26)27)40-31(34-32-23-11-5-3-6-12-23)35-33-24-13-7-4-8-14-24/h3-20,32H,1-2H3/b34-31+,35-33?,36-27?. The number of nitrogens with zero attached hydrogens (tertiary/aromatic N) is 4. The molecular weight excluding hydrogens is 555 g/mol. The fourth-order valence-electron chi connectivity index (χ4n) is 4.00. The van der Waals surface area contributed by atoms with Gasteiger partial charge < -0.3 is 0 Å². The van der Waals surface area contributed by atoms with Crippen LogP contribution in [0, 0.1) is 13.8 Å². The first-order valence-electron chi connectivity index (χ1n) is 12.6. The van der Waals surface area contributed by atoms with Gasteiger partial charge in [0.25, 0.3) is 10.0 Å². The van der Waals surface area contributed by atoms with Crippen molar-refractivity contribution in [2.24, 2.45) is 19.7 Å². The number of allylic oxidation sites excluding steroid dienone is 2. The van der Waals surface area contributed by atoms with Gasteiger partial charge >= 0.3 is 0 Å². The molecule has 204 valence electrons. The van der Waals surface area contributed by atoms with E-state index in [2.05, 4.69) is 25.2 Å². The molecule has 0 heterocycles. The molecule has 8 nitrogen and oxygen atoms in total. The first kappa shape index (κ1) is 27.9. The quantitative estimate of drug-likeness (QED) is 0.110. The third kappa shape index (κ3) is 6.74. The van der Waals surface area contributed by atoms with Gasteiger partial charge in [-0.25, -0.2) is 0 Å². The molecule has 0 aliphatic heterocycles. The molecule has 5 rings (SSSR count). The number of carbonyl (C=O) groups is 1. The van der Waals surface area contributed by atoms with Crippen molar-refractivity contribution < 1.29 is 13.2 Å². The minimum Gasteiger partial charge on any atom is -0.288 e. The van der Waals surface area contributed by atoms with Crippen LogP contribution >= 0.6 is 11.8 Å². The van der Waals surface area contributed by atoms with Gasteiger partial charge in [-0.1, -0.05) is 72.8 Å². The van der Waals surface area contributed by atoms with E-state index < -0.39 is 10.0 Å². The van der Waals surface area contributed by atoms with Gasteiger partial charge in [0.1, 0.15) is 0 Å². The number of sulfonamides is 1. The summed E-state index contributed by atoms with van der Waals surface area (Å²) in [5.74, 6) is -0.295. The molecule has 1 aliphatic rings. The van der Waals surface area contributed by atoms with Crippen LogP contribution in [0.4, 0.5) is 11.4 Å². The molecule has 1 aliphatic carbocycles. The van der Waals surface area contributed by atoms with Crippen LogP contribution < -0.4 is 5.43 Å². The van der Waals surface area contributed by atoms with E-state index in [1.54, 1.807) is 55.5 Å². The second-order valence-electron chi connectivity index (χ2n) is 9.11. The number of hydrogen-bond donors (Lipinski definition) is 1. The highest BCUT2D eigenvalue weighted by atomic mass is 32.2. The first-order chi connectivity index (χ1) is 19.8. The molecule has 0 fully saturated rings. The highest BCUT2D eigenvalue weighted by molar-refractivity contribution is 8.18. The number of azo groups is 1. The number of aryl methyl sites for hydroxylation is 2. The van der Waals surface area contributed by atoms with Crippen LogP contribution in [0.2, 0.25) is 0 Å². The summed E-state index contributed by atoms with van der Waals surface area (Å²) < 4.78 is 31.1. The van der Waals surface area contributed by atoms with Gasteiger partial charge in [0.05, 0.1) is 26.9 Å². The maximum absolute atomic E-state index is 13.5. The fraction of sp³-hybridized carbons (Fsp3) is 0.0645. The summed E-state index contributed by atoms with van der Waals surface area (Å²) in [4.78, 5) is 13.9. The second-order valence-corrected chi connectivity index (χ2v) is 11.7. The summed E-state index contributed by atoms with van der Waals surface area (Å²) in [6, 6.07) is 30.4. The Balaban J connectivity index is 1.56. The number of nitrogens with one attached hydrogen (secondary N) is 1. The number of hydrogen-bond acceptors (Lipinski definition) is 7. The highest BCUT2D eigenvalue weighted by Gasteiger charge is 2.28. The van der Waals surface area contributed by atoms with Crippen LogP contribution in [0.15, 0.2) is 139 Å². The fourth-order valence-corrected chi connectivity index (χ4v) is 6.06. The second kappa shape index (κ2) is 12.2. The monoisotopic (exact) mass is 579 g/mol. The van der Waals surface area contributed by atoms with Gasteiger partial charge in [-0.15, -0.1) is 15.3 Å². The molecule has 4 aromatic rings. The number of hydrazone groups is 1. The van der Waals surface area contributed by atoms with Crippen LogP contribution in [-0.2, 0) is 10.0 Å². The topological polar surface area (TPSA) is 113 Å². The number of carbonyl (C=O) groups excluding carboxylic acids is 1. The summed E-state index contributed by atoms with van der Waals surface area (Å²) in [6.07, 6.45) is 1.47. The number of thioether (sulfide) groups is 1. The van der Waals surface area contributed by atoms with Crippen molar-refractivity contribution in [1.82, 2.24) is 0 Å². The van der Waals surface area contributed by atoms with Gasteiger partial charge in [-0.05, 0) is 73.1 Å². The van der Waals surface area contributed by atoms with Crippen LogP contribution in [0.5, 0.6) is 0 Å². The van der Waals surface area contributed by atoms with Crippen molar-refractivity contribution in [3.63, 3.8) is 0 Å². The van der Waals surface area contributed by atoms with Crippen LogP contribution in [-0.4, -0.2) is 25.1 Å². The lowest BCUT2D eigenvalue weighted by molar-refractivity contribution is 0.104. The molecule has 0 amide bonds. The number of para-hydroxylation sites is 1. The van der Waals surface area contributed by atoms with Gasteiger partial charge in [0.2, 0.25) is 11.0 Å².